The lowest BCUT2D eigenvalue weighted by Crippen LogP contribution is -2.15. The lowest BCUT2D eigenvalue weighted by molar-refractivity contribution is 0.302. The molecule has 2 rings (SSSR count). The zero-order valence-corrected chi connectivity index (χ0v) is 17.6. The fourth-order valence-electron chi connectivity index (χ4n) is 2.82. The van der Waals surface area contributed by atoms with Crippen molar-refractivity contribution in [2.75, 3.05) is 6.54 Å². The van der Waals surface area contributed by atoms with Crippen molar-refractivity contribution in [3.8, 4) is 5.75 Å². The monoisotopic (exact) mass is 413 g/mol. The van der Waals surface area contributed by atoms with Crippen LogP contribution in [0.4, 0.5) is 4.39 Å². The third-order valence-corrected chi connectivity index (χ3v) is 4.59. The highest BCUT2D eigenvalue weighted by Gasteiger charge is 2.06. The number of benzene rings is 2. The molecule has 0 aliphatic heterocycles. The Labute approximate surface area is 173 Å². The van der Waals surface area contributed by atoms with Crippen molar-refractivity contribution < 1.29 is 9.13 Å². The van der Waals surface area contributed by atoms with Gasteiger partial charge in [0.15, 0.2) is 0 Å². The van der Waals surface area contributed by atoms with Crippen molar-refractivity contribution in [2.24, 2.45) is 0 Å². The van der Waals surface area contributed by atoms with Gasteiger partial charge in [-0.25, -0.2) is 4.39 Å². The van der Waals surface area contributed by atoms with Crippen LogP contribution in [0, 0.1) is 5.82 Å². The largest absolute Gasteiger partial charge is 0.489 e. The SMILES string of the molecule is CCCCCCCCNCc1cc(Cl)ccc1OCc1ccc(F)cc1.Cl. The van der Waals surface area contributed by atoms with Crippen LogP contribution in [-0.2, 0) is 13.2 Å². The highest BCUT2D eigenvalue weighted by molar-refractivity contribution is 6.30. The van der Waals surface area contributed by atoms with Crippen LogP contribution in [0.1, 0.15) is 56.6 Å². The van der Waals surface area contributed by atoms with E-state index in [0.29, 0.717) is 11.6 Å². The summed E-state index contributed by atoms with van der Waals surface area (Å²) in [6.45, 7) is 4.37. The van der Waals surface area contributed by atoms with Gasteiger partial charge in [-0.3, -0.25) is 0 Å². The third-order valence-electron chi connectivity index (χ3n) is 4.35. The molecule has 0 heterocycles. The molecular formula is C22H30Cl2FNO. The van der Waals surface area contributed by atoms with Crippen molar-refractivity contribution >= 4 is 24.0 Å². The van der Waals surface area contributed by atoms with E-state index in [9.17, 15) is 4.39 Å². The number of hydrogen-bond donors (Lipinski definition) is 1. The Morgan fingerprint density at radius 3 is 2.41 bits per heavy atom. The molecule has 0 amide bonds. The maximum atomic E-state index is 13.0. The molecule has 0 aliphatic rings. The van der Waals surface area contributed by atoms with E-state index in [1.807, 2.05) is 18.2 Å². The molecule has 27 heavy (non-hydrogen) atoms. The van der Waals surface area contributed by atoms with Gasteiger partial charge in [-0.1, -0.05) is 62.8 Å². The molecule has 2 aromatic carbocycles. The highest BCUT2D eigenvalue weighted by Crippen LogP contribution is 2.24. The molecule has 0 radical (unpaired) electrons. The summed E-state index contributed by atoms with van der Waals surface area (Å²) in [4.78, 5) is 0. The second-order valence-electron chi connectivity index (χ2n) is 6.61. The molecule has 0 unspecified atom stereocenters. The summed E-state index contributed by atoms with van der Waals surface area (Å²) in [5, 5.41) is 4.18. The summed E-state index contributed by atoms with van der Waals surface area (Å²) < 4.78 is 18.9. The Hall–Kier alpha value is -1.29. The second kappa shape index (κ2) is 13.8. The smallest absolute Gasteiger partial charge is 0.124 e. The summed E-state index contributed by atoms with van der Waals surface area (Å²) >= 11 is 6.14. The van der Waals surface area contributed by atoms with Gasteiger partial charge in [0, 0.05) is 17.1 Å². The van der Waals surface area contributed by atoms with Crippen LogP contribution in [0.25, 0.3) is 0 Å². The Kier molecular flexibility index (Phi) is 12.2. The van der Waals surface area contributed by atoms with E-state index >= 15 is 0 Å². The Morgan fingerprint density at radius 1 is 0.963 bits per heavy atom. The quantitative estimate of drug-likeness (QED) is 0.380. The predicted octanol–water partition coefficient (Wildman–Crippen LogP) is 6.93. The number of halogens is 3. The molecule has 0 aliphatic carbocycles. The molecule has 5 heteroatoms. The van der Waals surface area contributed by atoms with Crippen molar-refractivity contribution in [1.29, 1.82) is 0 Å². The number of hydrogen-bond acceptors (Lipinski definition) is 2. The minimum atomic E-state index is -0.236. The van der Waals surface area contributed by atoms with Crippen LogP contribution < -0.4 is 10.1 Å². The zero-order chi connectivity index (χ0) is 18.6. The van der Waals surface area contributed by atoms with Crippen LogP contribution in [-0.4, -0.2) is 6.54 Å². The Balaban J connectivity index is 0.00000364. The Bertz CT molecular complexity index is 649. The number of unbranched alkanes of at least 4 members (excludes halogenated alkanes) is 5. The van der Waals surface area contributed by atoms with E-state index in [1.54, 1.807) is 12.1 Å². The molecular weight excluding hydrogens is 384 g/mol. The first kappa shape index (κ1) is 23.7. The molecule has 0 spiro atoms. The van der Waals surface area contributed by atoms with Gasteiger partial charge in [-0.2, -0.15) is 0 Å². The van der Waals surface area contributed by atoms with Gasteiger partial charge < -0.3 is 10.1 Å². The average molecular weight is 414 g/mol. The Morgan fingerprint density at radius 2 is 1.67 bits per heavy atom. The van der Waals surface area contributed by atoms with E-state index < -0.39 is 0 Å². The molecule has 0 atom stereocenters. The van der Waals surface area contributed by atoms with Crippen LogP contribution in [0.15, 0.2) is 42.5 Å². The fraction of sp³-hybridized carbons (Fsp3) is 0.455. The highest BCUT2D eigenvalue weighted by atomic mass is 35.5. The molecule has 0 fully saturated rings. The van der Waals surface area contributed by atoms with E-state index in [0.717, 1.165) is 30.0 Å². The van der Waals surface area contributed by atoms with Gasteiger partial charge in [0.25, 0.3) is 0 Å². The van der Waals surface area contributed by atoms with Gasteiger partial charge in [0.1, 0.15) is 18.2 Å². The molecule has 0 aromatic heterocycles. The summed E-state index contributed by atoms with van der Waals surface area (Å²) in [6.07, 6.45) is 7.75. The molecule has 2 nitrogen and oxygen atoms in total. The summed E-state index contributed by atoms with van der Waals surface area (Å²) in [5.41, 5.74) is 1.98. The molecule has 0 saturated carbocycles. The number of nitrogens with one attached hydrogen (secondary N) is 1. The van der Waals surface area contributed by atoms with Gasteiger partial charge in [0.2, 0.25) is 0 Å². The summed E-state index contributed by atoms with van der Waals surface area (Å²) in [6, 6.07) is 12.0. The topological polar surface area (TPSA) is 21.3 Å². The lowest BCUT2D eigenvalue weighted by atomic mass is 10.1. The van der Waals surface area contributed by atoms with E-state index in [1.165, 1.54) is 50.7 Å². The number of rotatable bonds is 12. The normalized spacial score (nSPS) is 10.5. The van der Waals surface area contributed by atoms with Crippen LogP contribution >= 0.6 is 24.0 Å². The minimum Gasteiger partial charge on any atom is -0.489 e. The maximum Gasteiger partial charge on any atom is 0.124 e. The first-order valence-corrected chi connectivity index (χ1v) is 9.93. The van der Waals surface area contributed by atoms with E-state index in [-0.39, 0.29) is 18.2 Å². The second-order valence-corrected chi connectivity index (χ2v) is 7.05. The van der Waals surface area contributed by atoms with Crippen LogP contribution in [0.5, 0.6) is 5.75 Å². The van der Waals surface area contributed by atoms with Crippen LogP contribution in [0.2, 0.25) is 5.02 Å². The first-order valence-electron chi connectivity index (χ1n) is 9.55. The average Bonchev–Trinajstić information content (AvgIpc) is 2.64. The summed E-state index contributed by atoms with van der Waals surface area (Å²) in [5.74, 6) is 0.578. The van der Waals surface area contributed by atoms with Gasteiger partial charge in [-0.05, 0) is 48.9 Å². The molecule has 1 N–H and O–H groups in total. The van der Waals surface area contributed by atoms with Gasteiger partial charge in [-0.15, -0.1) is 12.4 Å². The molecule has 2 aromatic rings. The van der Waals surface area contributed by atoms with Gasteiger partial charge in [0.05, 0.1) is 0 Å². The van der Waals surface area contributed by atoms with E-state index in [2.05, 4.69) is 12.2 Å². The lowest BCUT2D eigenvalue weighted by Gasteiger charge is -2.13. The third kappa shape index (κ3) is 9.46. The van der Waals surface area contributed by atoms with E-state index in [4.69, 9.17) is 16.3 Å². The standard InChI is InChI=1S/C22H29ClFNO.ClH/c1-2-3-4-5-6-7-14-25-16-19-15-20(23)10-13-22(19)26-17-18-8-11-21(24)12-9-18;/h8-13,15,25H,2-7,14,16-17H2,1H3;1H. The van der Waals surface area contributed by atoms with Crippen molar-refractivity contribution in [2.45, 2.75) is 58.6 Å². The molecule has 0 saturated heterocycles. The zero-order valence-electron chi connectivity index (χ0n) is 16.0. The van der Waals surface area contributed by atoms with Crippen molar-refractivity contribution in [3.05, 3.63) is 64.4 Å². The maximum absolute atomic E-state index is 13.0. The van der Waals surface area contributed by atoms with Crippen molar-refractivity contribution in [1.82, 2.24) is 5.32 Å². The van der Waals surface area contributed by atoms with Gasteiger partial charge >= 0.3 is 0 Å². The predicted molar refractivity (Wildman–Crippen MR) is 115 cm³/mol. The summed E-state index contributed by atoms with van der Waals surface area (Å²) in [7, 11) is 0. The molecule has 0 bridgehead atoms. The van der Waals surface area contributed by atoms with Crippen molar-refractivity contribution in [3.63, 3.8) is 0 Å². The first-order chi connectivity index (χ1) is 12.7. The molecule has 150 valence electrons. The number of ether oxygens (including phenoxy) is 1. The van der Waals surface area contributed by atoms with Crippen LogP contribution in [0.3, 0.4) is 0 Å². The minimum absolute atomic E-state index is 0. The fourth-order valence-corrected chi connectivity index (χ4v) is 3.02.